The zero-order chi connectivity index (χ0) is 14.2. The molecule has 0 atom stereocenters. The van der Waals surface area contributed by atoms with Crippen LogP contribution < -0.4 is 5.73 Å². The summed E-state index contributed by atoms with van der Waals surface area (Å²) in [6.07, 6.45) is -4.61. The van der Waals surface area contributed by atoms with Crippen LogP contribution in [0.1, 0.15) is 5.69 Å². The Balaban J connectivity index is 2.59. The topological polar surface area (TPSA) is 51.8 Å². The summed E-state index contributed by atoms with van der Waals surface area (Å²) in [6, 6.07) is 5.15. The molecule has 3 nitrogen and oxygen atoms in total. The van der Waals surface area contributed by atoms with Gasteiger partial charge in [-0.3, -0.25) is 0 Å². The van der Waals surface area contributed by atoms with Gasteiger partial charge < -0.3 is 5.73 Å². The Kier molecular flexibility index (Phi) is 3.56. The molecule has 1 aromatic heterocycles. The Morgan fingerprint density at radius 1 is 1.05 bits per heavy atom. The normalized spacial score (nSPS) is 11.6. The summed E-state index contributed by atoms with van der Waals surface area (Å²) in [5, 5.41) is 0.547. The van der Waals surface area contributed by atoms with Gasteiger partial charge in [-0.1, -0.05) is 23.2 Å². The number of halogens is 5. The Hall–Kier alpha value is -1.53. The number of rotatable bonds is 1. The molecule has 1 heterocycles. The van der Waals surface area contributed by atoms with Crippen molar-refractivity contribution in [3.63, 3.8) is 0 Å². The van der Waals surface area contributed by atoms with Crippen molar-refractivity contribution < 1.29 is 13.2 Å². The zero-order valence-electron chi connectivity index (χ0n) is 9.17. The zero-order valence-corrected chi connectivity index (χ0v) is 10.7. The van der Waals surface area contributed by atoms with Crippen molar-refractivity contribution in [2.24, 2.45) is 0 Å². The van der Waals surface area contributed by atoms with Gasteiger partial charge in [0.25, 0.3) is 0 Å². The molecule has 2 N–H and O–H groups in total. The summed E-state index contributed by atoms with van der Waals surface area (Å²) < 4.78 is 37.9. The quantitative estimate of drug-likeness (QED) is 0.864. The number of nitrogens with zero attached hydrogens (tertiary/aromatic N) is 2. The van der Waals surface area contributed by atoms with E-state index < -0.39 is 17.8 Å². The summed E-state index contributed by atoms with van der Waals surface area (Å²) >= 11 is 11.6. The van der Waals surface area contributed by atoms with Gasteiger partial charge in [-0.05, 0) is 24.3 Å². The van der Waals surface area contributed by atoms with Crippen molar-refractivity contribution in [2.45, 2.75) is 6.18 Å². The van der Waals surface area contributed by atoms with E-state index >= 15 is 0 Å². The van der Waals surface area contributed by atoms with E-state index in [9.17, 15) is 13.2 Å². The summed E-state index contributed by atoms with van der Waals surface area (Å²) in [4.78, 5) is 6.90. The minimum atomic E-state index is -4.61. The van der Waals surface area contributed by atoms with E-state index in [0.29, 0.717) is 10.6 Å². The Labute approximate surface area is 116 Å². The molecule has 0 amide bonds. The highest BCUT2D eigenvalue weighted by Crippen LogP contribution is 2.33. The number of nitrogens with two attached hydrogens (primary N) is 1. The molecule has 0 saturated carbocycles. The maximum Gasteiger partial charge on any atom is 0.433 e. The van der Waals surface area contributed by atoms with Crippen LogP contribution in [0, 0.1) is 0 Å². The number of alkyl halides is 3. The van der Waals surface area contributed by atoms with Crippen LogP contribution in [0.3, 0.4) is 0 Å². The molecule has 19 heavy (non-hydrogen) atoms. The van der Waals surface area contributed by atoms with Crippen LogP contribution in [0.2, 0.25) is 10.0 Å². The first-order chi connectivity index (χ1) is 8.77. The fraction of sp³-hybridized carbons (Fsp3) is 0.0909. The second-order valence-corrected chi connectivity index (χ2v) is 4.46. The van der Waals surface area contributed by atoms with Crippen LogP contribution in [-0.2, 0) is 6.18 Å². The second kappa shape index (κ2) is 4.86. The summed E-state index contributed by atoms with van der Waals surface area (Å²) in [5.41, 5.74) is 4.44. The average molecular weight is 308 g/mol. The number of anilines is 1. The molecule has 0 unspecified atom stereocenters. The highest BCUT2D eigenvalue weighted by molar-refractivity contribution is 6.36. The van der Waals surface area contributed by atoms with E-state index in [2.05, 4.69) is 9.97 Å². The third-order valence-electron chi connectivity index (χ3n) is 2.24. The molecule has 0 bridgehead atoms. The minimum Gasteiger partial charge on any atom is -0.368 e. The number of nitrogen functional groups attached to an aromatic ring is 1. The van der Waals surface area contributed by atoms with E-state index in [1.54, 1.807) is 0 Å². The molecule has 0 saturated heterocycles. The maximum atomic E-state index is 12.6. The van der Waals surface area contributed by atoms with Gasteiger partial charge in [0.15, 0.2) is 5.69 Å². The van der Waals surface area contributed by atoms with Gasteiger partial charge >= 0.3 is 6.18 Å². The number of hydrogen-bond acceptors (Lipinski definition) is 3. The summed E-state index contributed by atoms with van der Waals surface area (Å²) in [7, 11) is 0. The Bertz CT molecular complexity index is 629. The van der Waals surface area contributed by atoms with Gasteiger partial charge in [-0.25, -0.2) is 9.97 Å². The lowest BCUT2D eigenvalue weighted by Crippen LogP contribution is -2.11. The molecule has 2 rings (SSSR count). The van der Waals surface area contributed by atoms with E-state index in [0.717, 1.165) is 6.07 Å². The van der Waals surface area contributed by atoms with Gasteiger partial charge in [0.05, 0.1) is 10.7 Å². The highest BCUT2D eigenvalue weighted by Gasteiger charge is 2.33. The van der Waals surface area contributed by atoms with Crippen LogP contribution >= 0.6 is 23.2 Å². The fourth-order valence-electron chi connectivity index (χ4n) is 1.45. The van der Waals surface area contributed by atoms with Gasteiger partial charge in [-0.2, -0.15) is 13.2 Å². The monoisotopic (exact) mass is 307 g/mol. The molecule has 1 aromatic carbocycles. The fourth-order valence-corrected chi connectivity index (χ4v) is 1.95. The molecule has 0 aliphatic rings. The molecule has 100 valence electrons. The van der Waals surface area contributed by atoms with Crippen molar-refractivity contribution >= 4 is 29.2 Å². The van der Waals surface area contributed by atoms with Crippen LogP contribution in [-0.4, -0.2) is 9.97 Å². The van der Waals surface area contributed by atoms with Gasteiger partial charge in [-0.15, -0.1) is 0 Å². The largest absolute Gasteiger partial charge is 0.433 e. The minimum absolute atomic E-state index is 0.0125. The smallest absolute Gasteiger partial charge is 0.368 e. The number of hydrogen-bond donors (Lipinski definition) is 1. The standard InChI is InChI=1S/C11H6Cl2F3N3/c12-5-1-2-6(7(13)3-5)8-4-9(11(14,15)16)19-10(17)18-8/h1-4H,(H2,17,18,19). The van der Waals surface area contributed by atoms with Gasteiger partial charge in [0.2, 0.25) is 5.95 Å². The average Bonchev–Trinajstić information content (AvgIpc) is 2.26. The van der Waals surface area contributed by atoms with Gasteiger partial charge in [0.1, 0.15) is 0 Å². The third-order valence-corrected chi connectivity index (χ3v) is 2.79. The first-order valence-corrected chi connectivity index (χ1v) is 5.70. The maximum absolute atomic E-state index is 12.6. The van der Waals surface area contributed by atoms with Crippen molar-refractivity contribution in [3.8, 4) is 11.3 Å². The molecule has 0 radical (unpaired) electrons. The predicted molar refractivity (Wildman–Crippen MR) is 66.9 cm³/mol. The van der Waals surface area contributed by atoms with Crippen molar-refractivity contribution in [2.75, 3.05) is 5.73 Å². The SMILES string of the molecule is Nc1nc(-c2ccc(Cl)cc2Cl)cc(C(F)(F)F)n1. The first-order valence-electron chi connectivity index (χ1n) is 4.94. The first kappa shape index (κ1) is 13.9. The Morgan fingerprint density at radius 3 is 2.32 bits per heavy atom. The summed E-state index contributed by atoms with van der Waals surface area (Å²) in [6.45, 7) is 0. The third kappa shape index (κ3) is 3.08. The lowest BCUT2D eigenvalue weighted by molar-refractivity contribution is -0.141. The predicted octanol–water partition coefficient (Wildman–Crippen LogP) is 4.05. The van der Waals surface area contributed by atoms with E-state index in [4.69, 9.17) is 28.9 Å². The van der Waals surface area contributed by atoms with E-state index in [1.165, 1.54) is 18.2 Å². The molecule has 0 aliphatic carbocycles. The molecule has 0 aliphatic heterocycles. The number of benzene rings is 1. The van der Waals surface area contributed by atoms with E-state index in [-0.39, 0.29) is 10.7 Å². The molecule has 0 fully saturated rings. The highest BCUT2D eigenvalue weighted by atomic mass is 35.5. The second-order valence-electron chi connectivity index (χ2n) is 3.62. The van der Waals surface area contributed by atoms with Crippen molar-refractivity contribution in [1.82, 2.24) is 9.97 Å². The van der Waals surface area contributed by atoms with E-state index in [1.807, 2.05) is 0 Å². The van der Waals surface area contributed by atoms with Crippen LogP contribution in [0.25, 0.3) is 11.3 Å². The molecule has 8 heteroatoms. The lowest BCUT2D eigenvalue weighted by atomic mass is 10.1. The molecular weight excluding hydrogens is 302 g/mol. The van der Waals surface area contributed by atoms with Crippen LogP contribution in [0.4, 0.5) is 19.1 Å². The summed E-state index contributed by atoms with van der Waals surface area (Å²) in [5.74, 6) is -0.476. The lowest BCUT2D eigenvalue weighted by Gasteiger charge is -2.09. The molecule has 2 aromatic rings. The number of aromatic nitrogens is 2. The molecular formula is C11H6Cl2F3N3. The van der Waals surface area contributed by atoms with Gasteiger partial charge in [0, 0.05) is 10.6 Å². The van der Waals surface area contributed by atoms with Crippen molar-refractivity contribution in [1.29, 1.82) is 0 Å². The van der Waals surface area contributed by atoms with Crippen LogP contribution in [0.15, 0.2) is 24.3 Å². The Morgan fingerprint density at radius 2 is 1.74 bits per heavy atom. The van der Waals surface area contributed by atoms with Crippen molar-refractivity contribution in [3.05, 3.63) is 40.0 Å². The molecule has 0 spiro atoms. The van der Waals surface area contributed by atoms with Crippen LogP contribution in [0.5, 0.6) is 0 Å².